The molecule has 15 heavy (non-hydrogen) atoms. The molecule has 1 fully saturated rings. The number of nitriles is 1. The first-order valence-corrected chi connectivity index (χ1v) is 5.68. The molecular formula is C10H12BrN3O. The van der Waals surface area contributed by atoms with Crippen molar-refractivity contribution in [2.75, 3.05) is 12.3 Å². The lowest BCUT2D eigenvalue weighted by Gasteiger charge is -2.12. The molecule has 0 amide bonds. The highest BCUT2D eigenvalue weighted by molar-refractivity contribution is 9.10. The predicted molar refractivity (Wildman–Crippen MR) is 60.2 cm³/mol. The number of anilines is 1. The maximum Gasteiger partial charge on any atom is 0.123 e. The molecule has 2 N–H and O–H groups in total. The molecule has 1 atom stereocenters. The van der Waals surface area contributed by atoms with Gasteiger partial charge in [-0.05, 0) is 34.8 Å². The maximum atomic E-state index is 8.94. The van der Waals surface area contributed by atoms with E-state index in [1.54, 1.807) is 6.07 Å². The summed E-state index contributed by atoms with van der Waals surface area (Å²) in [6, 6.07) is 3.81. The van der Waals surface area contributed by atoms with E-state index in [4.69, 9.17) is 15.7 Å². The number of nitrogens with two attached hydrogens (primary N) is 1. The Morgan fingerprint density at radius 2 is 2.53 bits per heavy atom. The van der Waals surface area contributed by atoms with E-state index in [-0.39, 0.29) is 6.10 Å². The summed E-state index contributed by atoms with van der Waals surface area (Å²) in [5.41, 5.74) is 6.91. The molecule has 0 aliphatic carbocycles. The molecule has 4 nitrogen and oxygen atoms in total. The molecular weight excluding hydrogens is 258 g/mol. The summed E-state index contributed by atoms with van der Waals surface area (Å²) in [7, 11) is 0. The lowest BCUT2D eigenvalue weighted by Crippen LogP contribution is -2.16. The molecule has 0 radical (unpaired) electrons. The summed E-state index contributed by atoms with van der Waals surface area (Å²) in [6.07, 6.45) is 2.36. The molecule has 1 saturated heterocycles. The molecule has 0 spiro atoms. The number of hydrogen-bond donors (Lipinski definition) is 1. The standard InChI is InChI=1S/C10H12BrN3O/c11-10-9(13)4-7(5-12)14(10)6-8-2-1-3-15-8/h4,8H,1-3,6,13H2/t8-/m1/s1. The van der Waals surface area contributed by atoms with Gasteiger partial charge in [-0.3, -0.25) is 0 Å². The van der Waals surface area contributed by atoms with E-state index in [2.05, 4.69) is 22.0 Å². The van der Waals surface area contributed by atoms with E-state index >= 15 is 0 Å². The van der Waals surface area contributed by atoms with Gasteiger partial charge in [0, 0.05) is 6.61 Å². The first kappa shape index (κ1) is 10.5. The summed E-state index contributed by atoms with van der Waals surface area (Å²) in [4.78, 5) is 0. The molecule has 5 heteroatoms. The van der Waals surface area contributed by atoms with Crippen molar-refractivity contribution < 1.29 is 4.74 Å². The molecule has 1 aliphatic rings. The summed E-state index contributed by atoms with van der Waals surface area (Å²) >= 11 is 3.38. The van der Waals surface area contributed by atoms with E-state index in [1.165, 1.54) is 0 Å². The third-order valence-electron chi connectivity index (χ3n) is 2.58. The van der Waals surface area contributed by atoms with Crippen LogP contribution in [0.2, 0.25) is 0 Å². The van der Waals surface area contributed by atoms with E-state index < -0.39 is 0 Å². The molecule has 0 unspecified atom stereocenters. The number of halogens is 1. The van der Waals surface area contributed by atoms with E-state index in [0.717, 1.165) is 24.1 Å². The van der Waals surface area contributed by atoms with Gasteiger partial charge in [0.1, 0.15) is 16.4 Å². The number of aromatic nitrogens is 1. The smallest absolute Gasteiger partial charge is 0.123 e. The lowest BCUT2D eigenvalue weighted by molar-refractivity contribution is 0.0964. The van der Waals surface area contributed by atoms with E-state index in [0.29, 0.717) is 17.9 Å². The van der Waals surface area contributed by atoms with Crippen molar-refractivity contribution in [2.45, 2.75) is 25.5 Å². The highest BCUT2D eigenvalue weighted by Crippen LogP contribution is 2.26. The van der Waals surface area contributed by atoms with Crippen LogP contribution < -0.4 is 5.73 Å². The molecule has 2 rings (SSSR count). The second kappa shape index (κ2) is 4.25. The summed E-state index contributed by atoms with van der Waals surface area (Å²) < 4.78 is 8.17. The highest BCUT2D eigenvalue weighted by atomic mass is 79.9. The van der Waals surface area contributed by atoms with Gasteiger partial charge in [-0.15, -0.1) is 0 Å². The van der Waals surface area contributed by atoms with Crippen molar-refractivity contribution in [3.8, 4) is 6.07 Å². The Morgan fingerprint density at radius 1 is 1.73 bits per heavy atom. The molecule has 0 saturated carbocycles. The van der Waals surface area contributed by atoms with Crippen LogP contribution in [0.1, 0.15) is 18.5 Å². The molecule has 1 aromatic rings. The van der Waals surface area contributed by atoms with Crippen LogP contribution in [-0.4, -0.2) is 17.3 Å². The Bertz CT molecular complexity index is 402. The molecule has 1 aliphatic heterocycles. The second-order valence-electron chi connectivity index (χ2n) is 3.63. The van der Waals surface area contributed by atoms with Crippen molar-refractivity contribution in [1.29, 1.82) is 5.26 Å². The SMILES string of the molecule is N#Cc1cc(N)c(Br)n1C[C@H]1CCCO1. The van der Waals surface area contributed by atoms with Crippen LogP contribution in [0.3, 0.4) is 0 Å². The Hall–Kier alpha value is -0.990. The fourth-order valence-corrected chi connectivity index (χ4v) is 2.26. The number of nitrogen functional groups attached to an aromatic ring is 1. The van der Waals surface area contributed by atoms with E-state index in [1.807, 2.05) is 4.57 Å². The van der Waals surface area contributed by atoms with Crippen LogP contribution in [0, 0.1) is 11.3 Å². The highest BCUT2D eigenvalue weighted by Gasteiger charge is 2.19. The summed E-state index contributed by atoms with van der Waals surface area (Å²) in [5, 5.41) is 8.94. The normalized spacial score (nSPS) is 20.4. The van der Waals surface area contributed by atoms with Crippen molar-refractivity contribution in [3.05, 3.63) is 16.4 Å². The topological polar surface area (TPSA) is 64.0 Å². The number of hydrogen-bond acceptors (Lipinski definition) is 3. The zero-order valence-corrected chi connectivity index (χ0v) is 9.83. The third-order valence-corrected chi connectivity index (χ3v) is 3.47. The first-order valence-electron chi connectivity index (χ1n) is 4.88. The molecule has 0 aromatic carbocycles. The van der Waals surface area contributed by atoms with Crippen LogP contribution in [0.5, 0.6) is 0 Å². The fraction of sp³-hybridized carbons (Fsp3) is 0.500. The molecule has 0 bridgehead atoms. The average molecular weight is 270 g/mol. The van der Waals surface area contributed by atoms with Crippen LogP contribution >= 0.6 is 15.9 Å². The van der Waals surface area contributed by atoms with Gasteiger partial charge >= 0.3 is 0 Å². The van der Waals surface area contributed by atoms with Gasteiger partial charge in [-0.1, -0.05) is 0 Å². The average Bonchev–Trinajstić information content (AvgIpc) is 2.82. The van der Waals surface area contributed by atoms with Crippen LogP contribution in [0.15, 0.2) is 10.7 Å². The first-order chi connectivity index (χ1) is 7.22. The Labute approximate surface area is 96.7 Å². The summed E-state index contributed by atoms with van der Waals surface area (Å²) in [6.45, 7) is 1.52. The van der Waals surface area contributed by atoms with Crippen LogP contribution in [0.4, 0.5) is 5.69 Å². The van der Waals surface area contributed by atoms with Gasteiger partial charge in [-0.25, -0.2) is 0 Å². The number of rotatable bonds is 2. The van der Waals surface area contributed by atoms with Gasteiger partial charge in [0.2, 0.25) is 0 Å². The fourth-order valence-electron chi connectivity index (χ4n) is 1.81. The van der Waals surface area contributed by atoms with Crippen LogP contribution in [0.25, 0.3) is 0 Å². The minimum Gasteiger partial charge on any atom is -0.397 e. The third kappa shape index (κ3) is 2.01. The molecule has 1 aromatic heterocycles. The second-order valence-corrected chi connectivity index (χ2v) is 4.38. The van der Waals surface area contributed by atoms with Gasteiger partial charge in [0.25, 0.3) is 0 Å². The van der Waals surface area contributed by atoms with Crippen LogP contribution in [-0.2, 0) is 11.3 Å². The zero-order chi connectivity index (χ0) is 10.8. The monoisotopic (exact) mass is 269 g/mol. The van der Waals surface area contributed by atoms with Crippen molar-refractivity contribution >= 4 is 21.6 Å². The molecule has 80 valence electrons. The summed E-state index contributed by atoms with van der Waals surface area (Å²) in [5.74, 6) is 0. The van der Waals surface area contributed by atoms with Gasteiger partial charge in [0.05, 0.1) is 18.3 Å². The van der Waals surface area contributed by atoms with Gasteiger partial charge in [0.15, 0.2) is 0 Å². The Kier molecular flexibility index (Phi) is 2.98. The number of ether oxygens (including phenoxy) is 1. The maximum absolute atomic E-state index is 8.94. The predicted octanol–water partition coefficient (Wildman–Crippen LogP) is 1.88. The quantitative estimate of drug-likeness (QED) is 0.892. The van der Waals surface area contributed by atoms with Crippen molar-refractivity contribution in [1.82, 2.24) is 4.57 Å². The van der Waals surface area contributed by atoms with E-state index in [9.17, 15) is 0 Å². The Morgan fingerprint density at radius 3 is 3.13 bits per heavy atom. The van der Waals surface area contributed by atoms with Gasteiger partial charge in [-0.2, -0.15) is 5.26 Å². The van der Waals surface area contributed by atoms with Gasteiger partial charge < -0.3 is 15.0 Å². The lowest BCUT2D eigenvalue weighted by atomic mass is 10.2. The number of nitrogens with zero attached hydrogens (tertiary/aromatic N) is 2. The minimum atomic E-state index is 0.209. The Balaban J connectivity index is 2.22. The minimum absolute atomic E-state index is 0.209. The zero-order valence-electron chi connectivity index (χ0n) is 8.24. The van der Waals surface area contributed by atoms with Crippen molar-refractivity contribution in [2.24, 2.45) is 0 Å². The largest absolute Gasteiger partial charge is 0.397 e. The van der Waals surface area contributed by atoms with Crippen molar-refractivity contribution in [3.63, 3.8) is 0 Å². The molecule has 2 heterocycles.